The van der Waals surface area contributed by atoms with Crippen molar-refractivity contribution in [1.29, 1.82) is 0 Å². The number of halogens is 8. The minimum Gasteiger partial charge on any atom is -0.490 e. The van der Waals surface area contributed by atoms with E-state index >= 15 is 8.78 Å². The van der Waals surface area contributed by atoms with Gasteiger partial charge in [0.05, 0.1) is 16.6 Å². The minimum atomic E-state index is -5.08. The molecule has 4 N–H and O–H groups in total. The Balaban J connectivity index is 0.000000743. The van der Waals surface area contributed by atoms with Gasteiger partial charge in [0.15, 0.2) is 6.04 Å². The number of piperidine rings is 1. The summed E-state index contributed by atoms with van der Waals surface area (Å²) in [6.07, 6.45) is -3.32. The molecular formula is C40H39F8N3O6S. The number of sulfonamides is 1. The van der Waals surface area contributed by atoms with E-state index in [0.29, 0.717) is 53.3 Å². The van der Waals surface area contributed by atoms with Crippen molar-refractivity contribution in [2.24, 2.45) is 5.73 Å². The summed E-state index contributed by atoms with van der Waals surface area (Å²) in [7, 11) is -4.67. The van der Waals surface area contributed by atoms with Crippen molar-refractivity contribution in [2.45, 2.75) is 105 Å². The SMILES string of the molecule is NC1CC2CCC(C1)N2C(=O)[C@@H](NS(=O)(=O)c1ccc2cc(OC3CCCC3)ccc2c1)C(F)(F)c1ccc(-c2ccc(C(F)(F)F)cc2)cc1.O=C(O)C(F)(F)F. The van der Waals surface area contributed by atoms with Gasteiger partial charge in [0.1, 0.15) is 5.75 Å². The molecule has 1 aliphatic carbocycles. The van der Waals surface area contributed by atoms with Crippen LogP contribution in [0.3, 0.4) is 0 Å². The number of alkyl halides is 8. The van der Waals surface area contributed by atoms with Crippen LogP contribution < -0.4 is 15.2 Å². The van der Waals surface area contributed by atoms with Crippen LogP contribution in [0, 0.1) is 0 Å². The Labute approximate surface area is 328 Å². The maximum Gasteiger partial charge on any atom is 0.490 e. The molecule has 0 spiro atoms. The number of rotatable bonds is 9. The summed E-state index contributed by atoms with van der Waals surface area (Å²) >= 11 is 0. The Hall–Kier alpha value is -4.81. The Morgan fingerprint density at radius 2 is 1.24 bits per heavy atom. The standard InChI is InChI=1S/C38H38F5N3O4S.C2HF3O2/c39-37(40,27-11-5-23(6-12-27)24-7-13-28(14-8-24)38(41,42)43)35(36(47)46-30-15-16-31(46)22-29(44)21-30)45-51(48,49)34-18-10-25-19-33(17-9-26(25)20-34)50-32-3-1-2-4-32;3-2(4,5)1(6)7/h5-14,17-20,29-32,35,45H,1-4,15-16,21-22,44H2;(H,6,7)/t29?,30?,31?,35-;/m1./s1. The Morgan fingerprint density at radius 1 is 0.741 bits per heavy atom. The number of amides is 1. The fourth-order valence-corrected chi connectivity index (χ4v) is 9.00. The quantitative estimate of drug-likeness (QED) is 0.144. The number of aliphatic carboxylic acids is 1. The normalized spacial score (nSPS) is 20.7. The van der Waals surface area contributed by atoms with E-state index < -0.39 is 69.4 Å². The zero-order valence-electron chi connectivity index (χ0n) is 30.6. The monoisotopic (exact) mass is 841 g/mol. The number of carboxylic acids is 1. The van der Waals surface area contributed by atoms with Crippen LogP contribution in [-0.4, -0.2) is 66.7 Å². The maximum absolute atomic E-state index is 16.7. The average Bonchev–Trinajstić information content (AvgIpc) is 3.78. The van der Waals surface area contributed by atoms with Crippen LogP contribution >= 0.6 is 0 Å². The first kappa shape index (κ1) is 42.8. The number of carboxylic acid groups (broad SMARTS) is 1. The average molecular weight is 842 g/mol. The molecule has 1 amide bonds. The van der Waals surface area contributed by atoms with Crippen LogP contribution in [0.5, 0.6) is 5.75 Å². The molecule has 58 heavy (non-hydrogen) atoms. The summed E-state index contributed by atoms with van der Waals surface area (Å²) in [4.78, 5) is 24.2. The molecule has 18 heteroatoms. The number of hydrogen-bond acceptors (Lipinski definition) is 6. The highest BCUT2D eigenvalue weighted by atomic mass is 32.2. The number of carbonyl (C=O) groups is 2. The van der Waals surface area contributed by atoms with Gasteiger partial charge in [-0.15, -0.1) is 0 Å². The molecule has 2 heterocycles. The lowest BCUT2D eigenvalue weighted by molar-refractivity contribution is -0.192. The van der Waals surface area contributed by atoms with Gasteiger partial charge in [-0.3, -0.25) is 4.79 Å². The third-order valence-corrected chi connectivity index (χ3v) is 12.1. The summed E-state index contributed by atoms with van der Waals surface area (Å²) < 4.78 is 140. The first-order chi connectivity index (χ1) is 27.1. The van der Waals surface area contributed by atoms with Crippen molar-refractivity contribution >= 4 is 32.7 Å². The van der Waals surface area contributed by atoms with Crippen LogP contribution in [0.1, 0.15) is 62.5 Å². The zero-order valence-corrected chi connectivity index (χ0v) is 31.4. The summed E-state index contributed by atoms with van der Waals surface area (Å²) in [6, 6.07) is 15.1. The van der Waals surface area contributed by atoms with Crippen molar-refractivity contribution in [3.63, 3.8) is 0 Å². The lowest BCUT2D eigenvalue weighted by Gasteiger charge is -2.41. The van der Waals surface area contributed by atoms with E-state index in [9.17, 15) is 39.6 Å². The number of hydrogen-bond donors (Lipinski definition) is 3. The second-order valence-electron chi connectivity index (χ2n) is 14.7. The highest BCUT2D eigenvalue weighted by Gasteiger charge is 2.53. The molecule has 4 aromatic rings. The molecule has 2 unspecified atom stereocenters. The highest BCUT2D eigenvalue weighted by Crippen LogP contribution is 2.41. The lowest BCUT2D eigenvalue weighted by Crippen LogP contribution is -2.60. The number of nitrogens with two attached hydrogens (primary N) is 1. The van der Waals surface area contributed by atoms with Crippen molar-refractivity contribution in [3.05, 3.63) is 96.1 Å². The summed E-state index contributed by atoms with van der Waals surface area (Å²) in [5, 5.41) is 8.38. The molecular weight excluding hydrogens is 803 g/mol. The number of benzene rings is 4. The molecule has 0 aromatic heterocycles. The number of ether oxygens (including phenoxy) is 1. The summed E-state index contributed by atoms with van der Waals surface area (Å²) in [6.45, 7) is 0. The zero-order chi connectivity index (χ0) is 42.2. The molecule has 2 aliphatic heterocycles. The largest absolute Gasteiger partial charge is 0.490 e. The topological polar surface area (TPSA) is 139 Å². The van der Waals surface area contributed by atoms with E-state index in [-0.39, 0.29) is 17.0 Å². The smallest absolute Gasteiger partial charge is 0.490 e. The van der Waals surface area contributed by atoms with E-state index in [1.54, 1.807) is 18.2 Å². The molecule has 3 aliphatic rings. The molecule has 3 atom stereocenters. The van der Waals surface area contributed by atoms with Crippen molar-refractivity contribution in [2.75, 3.05) is 0 Å². The van der Waals surface area contributed by atoms with E-state index in [1.165, 1.54) is 41.3 Å². The molecule has 1 saturated carbocycles. The van der Waals surface area contributed by atoms with Gasteiger partial charge in [-0.2, -0.15) is 39.8 Å². The first-order valence-corrected chi connectivity index (χ1v) is 19.9. The van der Waals surface area contributed by atoms with Gasteiger partial charge in [0.25, 0.3) is 5.92 Å². The highest BCUT2D eigenvalue weighted by molar-refractivity contribution is 7.89. The van der Waals surface area contributed by atoms with Gasteiger partial charge in [0, 0.05) is 23.7 Å². The van der Waals surface area contributed by atoms with Crippen LogP contribution in [-0.2, 0) is 31.7 Å². The van der Waals surface area contributed by atoms with Gasteiger partial charge in [-0.1, -0.05) is 48.5 Å². The van der Waals surface area contributed by atoms with E-state index in [2.05, 4.69) is 4.72 Å². The second-order valence-corrected chi connectivity index (χ2v) is 16.4. The first-order valence-electron chi connectivity index (χ1n) is 18.4. The van der Waals surface area contributed by atoms with Crippen LogP contribution in [0.25, 0.3) is 21.9 Å². The molecule has 2 saturated heterocycles. The summed E-state index contributed by atoms with van der Waals surface area (Å²) in [5.41, 5.74) is 5.42. The fraction of sp³-hybridized carbons (Fsp3) is 0.400. The molecule has 312 valence electrons. The maximum atomic E-state index is 16.7. The van der Waals surface area contributed by atoms with E-state index in [1.807, 2.05) is 6.07 Å². The van der Waals surface area contributed by atoms with Crippen molar-refractivity contribution < 1.29 is 63.0 Å². The Bertz CT molecular complexity index is 2210. The molecule has 3 fully saturated rings. The number of fused-ring (bicyclic) bond motifs is 3. The van der Waals surface area contributed by atoms with Crippen molar-refractivity contribution in [3.8, 4) is 16.9 Å². The molecule has 2 bridgehead atoms. The Morgan fingerprint density at radius 3 is 1.76 bits per heavy atom. The Kier molecular flexibility index (Phi) is 12.1. The predicted molar refractivity (Wildman–Crippen MR) is 196 cm³/mol. The molecule has 0 radical (unpaired) electrons. The summed E-state index contributed by atoms with van der Waals surface area (Å²) in [5.74, 6) is -7.16. The number of carbonyl (C=O) groups excluding carboxylic acids is 1. The minimum absolute atomic E-state index is 0.134. The lowest BCUT2D eigenvalue weighted by atomic mass is 9.94. The third kappa shape index (κ3) is 9.55. The molecule has 4 aromatic carbocycles. The van der Waals surface area contributed by atoms with Crippen molar-refractivity contribution in [1.82, 2.24) is 9.62 Å². The third-order valence-electron chi connectivity index (χ3n) is 10.7. The van der Waals surface area contributed by atoms with E-state index in [4.69, 9.17) is 20.4 Å². The van der Waals surface area contributed by atoms with Gasteiger partial charge >= 0.3 is 18.3 Å². The van der Waals surface area contributed by atoms with Gasteiger partial charge in [0.2, 0.25) is 15.9 Å². The van der Waals surface area contributed by atoms with Crippen LogP contribution in [0.15, 0.2) is 89.8 Å². The molecule has 9 nitrogen and oxygen atoms in total. The van der Waals surface area contributed by atoms with Crippen LogP contribution in [0.4, 0.5) is 35.1 Å². The number of nitrogens with zero attached hydrogens (tertiary/aromatic N) is 1. The van der Waals surface area contributed by atoms with Crippen LogP contribution in [0.2, 0.25) is 0 Å². The number of nitrogens with one attached hydrogen (secondary N) is 1. The van der Waals surface area contributed by atoms with Gasteiger partial charge < -0.3 is 20.5 Å². The van der Waals surface area contributed by atoms with Gasteiger partial charge in [-0.25, -0.2) is 13.2 Å². The molecule has 7 rings (SSSR count). The van der Waals surface area contributed by atoms with Gasteiger partial charge in [-0.05, 0) is 110 Å². The van der Waals surface area contributed by atoms with E-state index in [0.717, 1.165) is 49.9 Å². The second kappa shape index (κ2) is 16.4. The fourth-order valence-electron chi connectivity index (χ4n) is 7.77. The predicted octanol–water partition coefficient (Wildman–Crippen LogP) is 8.40.